The standard InChI is InChI=1S/C24H28N4O4/c1-16-5-4-6-19(17(16)2)27-11-9-26(10-12-27)14-28-22(29)24(3,25-23(28)30)18-7-8-20-21(13-18)32-15-31-20/h4-8,13H,9-12,14-15H2,1-3H3,(H,25,30)/t24-/m1/s1. The average molecular weight is 437 g/mol. The molecule has 3 heterocycles. The highest BCUT2D eigenvalue weighted by Gasteiger charge is 2.49. The molecule has 2 fully saturated rings. The second-order valence-corrected chi connectivity index (χ2v) is 8.82. The zero-order valence-corrected chi connectivity index (χ0v) is 18.7. The minimum absolute atomic E-state index is 0.163. The Morgan fingerprint density at radius 2 is 1.75 bits per heavy atom. The van der Waals surface area contributed by atoms with Gasteiger partial charge < -0.3 is 19.7 Å². The Labute approximate surface area is 187 Å². The number of fused-ring (bicyclic) bond motifs is 1. The summed E-state index contributed by atoms with van der Waals surface area (Å²) in [6, 6.07) is 11.4. The number of nitrogens with one attached hydrogen (secondary N) is 1. The fourth-order valence-electron chi connectivity index (χ4n) is 4.64. The summed E-state index contributed by atoms with van der Waals surface area (Å²) >= 11 is 0. The molecule has 3 amide bonds. The van der Waals surface area contributed by atoms with E-state index < -0.39 is 5.54 Å². The third-order valence-corrected chi connectivity index (χ3v) is 6.86. The molecule has 3 aliphatic rings. The lowest BCUT2D eigenvalue weighted by molar-refractivity contribution is -0.132. The monoisotopic (exact) mass is 436 g/mol. The molecule has 32 heavy (non-hydrogen) atoms. The number of amides is 3. The first-order valence-corrected chi connectivity index (χ1v) is 10.9. The highest BCUT2D eigenvalue weighted by molar-refractivity contribution is 6.07. The number of carbonyl (C=O) groups excluding carboxylic acids is 2. The van der Waals surface area contributed by atoms with Crippen LogP contribution in [0.5, 0.6) is 11.5 Å². The van der Waals surface area contributed by atoms with Gasteiger partial charge in [-0.2, -0.15) is 0 Å². The number of anilines is 1. The van der Waals surface area contributed by atoms with Gasteiger partial charge in [0.15, 0.2) is 11.5 Å². The van der Waals surface area contributed by atoms with Crippen molar-refractivity contribution in [1.82, 2.24) is 15.1 Å². The Hall–Kier alpha value is -3.26. The molecule has 1 N–H and O–H groups in total. The van der Waals surface area contributed by atoms with Crippen molar-refractivity contribution >= 4 is 17.6 Å². The van der Waals surface area contributed by atoms with Gasteiger partial charge in [-0.15, -0.1) is 0 Å². The summed E-state index contributed by atoms with van der Waals surface area (Å²) in [5.74, 6) is 0.984. The van der Waals surface area contributed by atoms with Crippen LogP contribution in [-0.4, -0.2) is 61.4 Å². The minimum atomic E-state index is -1.13. The molecule has 3 aliphatic heterocycles. The average Bonchev–Trinajstić information content (AvgIpc) is 3.34. The molecule has 0 unspecified atom stereocenters. The van der Waals surface area contributed by atoms with Crippen molar-refractivity contribution in [1.29, 1.82) is 0 Å². The fourth-order valence-corrected chi connectivity index (χ4v) is 4.64. The van der Waals surface area contributed by atoms with Gasteiger partial charge in [0.05, 0.1) is 6.67 Å². The molecule has 2 aromatic carbocycles. The summed E-state index contributed by atoms with van der Waals surface area (Å²) in [4.78, 5) is 31.9. The predicted molar refractivity (Wildman–Crippen MR) is 120 cm³/mol. The summed E-state index contributed by atoms with van der Waals surface area (Å²) in [6.07, 6.45) is 0. The van der Waals surface area contributed by atoms with Gasteiger partial charge in [-0.05, 0) is 55.7 Å². The van der Waals surface area contributed by atoms with Crippen LogP contribution in [0, 0.1) is 13.8 Å². The number of imide groups is 1. The van der Waals surface area contributed by atoms with Crippen molar-refractivity contribution in [2.75, 3.05) is 44.5 Å². The second kappa shape index (κ2) is 7.70. The van der Waals surface area contributed by atoms with E-state index in [1.165, 1.54) is 21.7 Å². The lowest BCUT2D eigenvalue weighted by Gasteiger charge is -2.38. The van der Waals surface area contributed by atoms with Gasteiger partial charge in [0.1, 0.15) is 5.54 Å². The van der Waals surface area contributed by atoms with E-state index in [-0.39, 0.29) is 25.4 Å². The highest BCUT2D eigenvalue weighted by atomic mass is 16.7. The third kappa shape index (κ3) is 3.35. The van der Waals surface area contributed by atoms with Crippen LogP contribution < -0.4 is 19.7 Å². The minimum Gasteiger partial charge on any atom is -0.454 e. The van der Waals surface area contributed by atoms with Crippen molar-refractivity contribution in [3.8, 4) is 11.5 Å². The molecule has 0 aromatic heterocycles. The number of carbonyl (C=O) groups is 2. The lowest BCUT2D eigenvalue weighted by atomic mass is 9.92. The SMILES string of the molecule is Cc1cccc(N2CCN(CN3C(=O)N[C@](C)(c4ccc5c(c4)OCO5)C3=O)CC2)c1C. The molecule has 168 valence electrons. The van der Waals surface area contributed by atoms with Crippen LogP contribution in [0.3, 0.4) is 0 Å². The molecule has 8 heteroatoms. The topological polar surface area (TPSA) is 74.3 Å². The number of hydrogen-bond donors (Lipinski definition) is 1. The van der Waals surface area contributed by atoms with E-state index in [0.717, 1.165) is 26.2 Å². The molecule has 0 bridgehead atoms. The molecule has 2 aromatic rings. The van der Waals surface area contributed by atoms with Crippen molar-refractivity contribution < 1.29 is 19.1 Å². The number of nitrogens with zero attached hydrogens (tertiary/aromatic N) is 3. The summed E-state index contributed by atoms with van der Waals surface area (Å²) in [5.41, 5.74) is 3.40. The molecule has 0 saturated carbocycles. The van der Waals surface area contributed by atoms with Gasteiger partial charge >= 0.3 is 6.03 Å². The number of urea groups is 1. The van der Waals surface area contributed by atoms with Crippen LogP contribution in [0.15, 0.2) is 36.4 Å². The summed E-state index contributed by atoms with van der Waals surface area (Å²) in [6.45, 7) is 9.74. The third-order valence-electron chi connectivity index (χ3n) is 6.86. The maximum absolute atomic E-state index is 13.3. The molecular formula is C24H28N4O4. The largest absolute Gasteiger partial charge is 0.454 e. The summed E-state index contributed by atoms with van der Waals surface area (Å²) in [7, 11) is 0. The Kier molecular flexibility index (Phi) is 4.97. The van der Waals surface area contributed by atoms with Gasteiger partial charge in [0, 0.05) is 31.9 Å². The van der Waals surface area contributed by atoms with E-state index in [2.05, 4.69) is 47.2 Å². The van der Waals surface area contributed by atoms with Crippen molar-refractivity contribution in [3.63, 3.8) is 0 Å². The predicted octanol–water partition coefficient (Wildman–Crippen LogP) is 2.58. The maximum Gasteiger partial charge on any atom is 0.326 e. The number of aryl methyl sites for hydroxylation is 1. The first-order valence-electron chi connectivity index (χ1n) is 10.9. The maximum atomic E-state index is 13.3. The van der Waals surface area contributed by atoms with Gasteiger partial charge in [0.2, 0.25) is 6.79 Å². The normalized spacial score (nSPS) is 23.1. The highest BCUT2D eigenvalue weighted by Crippen LogP contribution is 2.38. The molecule has 0 radical (unpaired) electrons. The molecule has 8 nitrogen and oxygen atoms in total. The fraction of sp³-hybridized carbons (Fsp3) is 0.417. The van der Waals surface area contributed by atoms with Gasteiger partial charge in [0.25, 0.3) is 5.91 Å². The first kappa shape index (κ1) is 20.6. The summed E-state index contributed by atoms with van der Waals surface area (Å²) in [5, 5.41) is 2.88. The molecule has 1 atom stereocenters. The Morgan fingerprint density at radius 1 is 1.00 bits per heavy atom. The van der Waals surface area contributed by atoms with Crippen LogP contribution >= 0.6 is 0 Å². The smallest absolute Gasteiger partial charge is 0.326 e. The van der Waals surface area contributed by atoms with Crippen LogP contribution in [-0.2, 0) is 10.3 Å². The zero-order valence-electron chi connectivity index (χ0n) is 18.7. The van der Waals surface area contributed by atoms with Gasteiger partial charge in [-0.3, -0.25) is 9.69 Å². The first-order chi connectivity index (χ1) is 15.4. The second-order valence-electron chi connectivity index (χ2n) is 8.82. The number of hydrogen-bond acceptors (Lipinski definition) is 6. The Morgan fingerprint density at radius 3 is 2.53 bits per heavy atom. The van der Waals surface area contributed by atoms with Crippen LogP contribution in [0.2, 0.25) is 0 Å². The molecule has 0 spiro atoms. The Bertz CT molecular complexity index is 1080. The van der Waals surface area contributed by atoms with Gasteiger partial charge in [-0.1, -0.05) is 18.2 Å². The zero-order chi connectivity index (χ0) is 22.5. The van der Waals surface area contributed by atoms with E-state index in [4.69, 9.17) is 9.47 Å². The van der Waals surface area contributed by atoms with E-state index in [1.807, 2.05) is 0 Å². The van der Waals surface area contributed by atoms with Crippen molar-refractivity contribution in [2.45, 2.75) is 26.3 Å². The van der Waals surface area contributed by atoms with Gasteiger partial charge in [-0.25, -0.2) is 9.69 Å². The van der Waals surface area contributed by atoms with E-state index in [9.17, 15) is 9.59 Å². The molecule has 5 rings (SSSR count). The number of piperazine rings is 1. The van der Waals surface area contributed by atoms with Crippen LogP contribution in [0.4, 0.5) is 10.5 Å². The van der Waals surface area contributed by atoms with E-state index in [1.54, 1.807) is 25.1 Å². The number of rotatable bonds is 4. The molecule has 2 saturated heterocycles. The molecule has 0 aliphatic carbocycles. The van der Waals surface area contributed by atoms with Crippen molar-refractivity contribution in [3.05, 3.63) is 53.1 Å². The number of ether oxygens (including phenoxy) is 2. The van der Waals surface area contributed by atoms with E-state index >= 15 is 0 Å². The lowest BCUT2D eigenvalue weighted by Crippen LogP contribution is -2.51. The van der Waals surface area contributed by atoms with Crippen LogP contribution in [0.1, 0.15) is 23.6 Å². The quantitative estimate of drug-likeness (QED) is 0.743. The number of benzene rings is 2. The van der Waals surface area contributed by atoms with Crippen LogP contribution in [0.25, 0.3) is 0 Å². The Balaban J connectivity index is 1.26. The van der Waals surface area contributed by atoms with E-state index in [0.29, 0.717) is 17.1 Å². The van der Waals surface area contributed by atoms with Crippen molar-refractivity contribution in [2.24, 2.45) is 0 Å². The summed E-state index contributed by atoms with van der Waals surface area (Å²) < 4.78 is 10.8. The molecular weight excluding hydrogens is 408 g/mol.